The summed E-state index contributed by atoms with van der Waals surface area (Å²) in [4.78, 5) is 59.9. The van der Waals surface area contributed by atoms with Crippen LogP contribution < -0.4 is 9.47 Å². The minimum atomic E-state index is -1.02. The van der Waals surface area contributed by atoms with E-state index < -0.39 is 54.4 Å². The first-order chi connectivity index (χ1) is 22.7. The number of unbranched alkanes of at least 4 members (excludes halogenated alkanes) is 2. The molecular formula is C36H50O12. The van der Waals surface area contributed by atoms with Crippen LogP contribution in [-0.2, 0) is 49.3 Å². The summed E-state index contributed by atoms with van der Waals surface area (Å²) in [6, 6.07) is 3.93. The topological polar surface area (TPSA) is 150 Å². The predicted octanol–water partition coefficient (Wildman–Crippen LogP) is 6.50. The van der Waals surface area contributed by atoms with Crippen LogP contribution >= 0.6 is 0 Å². The van der Waals surface area contributed by atoms with Crippen molar-refractivity contribution in [3.8, 4) is 11.5 Å². The molecule has 0 spiro atoms. The Morgan fingerprint density at radius 2 is 1.60 bits per heavy atom. The maximum Gasteiger partial charge on any atom is 0.516 e. The van der Waals surface area contributed by atoms with Gasteiger partial charge in [0.15, 0.2) is 6.10 Å². The van der Waals surface area contributed by atoms with Crippen molar-refractivity contribution in [1.29, 1.82) is 0 Å². The SMILES string of the molecule is CCCCCc1cc(OC(=O)OCOC(=O)CC(C)CC(=O)OC(COC(C)=O)COC(C)=O)c2c(c1)OC(C)(C)C1CCC(C)=C[C@@H]21. The number of carbonyl (C=O) groups is 5. The molecule has 0 fully saturated rings. The van der Waals surface area contributed by atoms with Crippen LogP contribution in [0.4, 0.5) is 4.79 Å². The molecule has 0 amide bonds. The number of hydrogen-bond acceptors (Lipinski definition) is 12. The molecule has 1 aliphatic heterocycles. The molecule has 0 bridgehead atoms. The highest BCUT2D eigenvalue weighted by atomic mass is 16.8. The Bertz CT molecular complexity index is 1330. The quantitative estimate of drug-likeness (QED) is 0.0470. The minimum absolute atomic E-state index is 0.00889. The van der Waals surface area contributed by atoms with E-state index in [1.807, 2.05) is 6.07 Å². The van der Waals surface area contributed by atoms with E-state index in [4.69, 9.17) is 33.2 Å². The van der Waals surface area contributed by atoms with Gasteiger partial charge in [0.2, 0.25) is 6.79 Å². The molecule has 0 saturated heterocycles. The fourth-order valence-electron chi connectivity index (χ4n) is 6.10. The van der Waals surface area contributed by atoms with E-state index in [0.29, 0.717) is 11.5 Å². The second-order valence-electron chi connectivity index (χ2n) is 13.2. The molecule has 1 aromatic carbocycles. The normalized spacial score (nSPS) is 18.2. The first-order valence-electron chi connectivity index (χ1n) is 16.7. The van der Waals surface area contributed by atoms with Crippen LogP contribution in [0.5, 0.6) is 11.5 Å². The Hall–Kier alpha value is -4.09. The lowest BCUT2D eigenvalue weighted by molar-refractivity contribution is -0.166. The van der Waals surface area contributed by atoms with Gasteiger partial charge in [0.25, 0.3) is 0 Å². The van der Waals surface area contributed by atoms with Gasteiger partial charge in [0.1, 0.15) is 30.3 Å². The highest BCUT2D eigenvalue weighted by molar-refractivity contribution is 5.73. The largest absolute Gasteiger partial charge is 0.516 e. The average molecular weight is 675 g/mol. The van der Waals surface area contributed by atoms with Gasteiger partial charge in [-0.25, -0.2) is 4.79 Å². The standard InChI is InChI=1S/C36H50O12/c1-8-9-10-11-26-17-30(34-28-14-22(2)12-13-29(28)36(6,7)48-31(34)18-26)47-35(41)45-21-44-32(39)15-23(3)16-33(40)46-27(19-42-24(4)37)20-43-25(5)38/h14,17-18,23,27-29H,8-13,15-16,19-21H2,1-7H3/t23?,28-,29?/m1/s1. The molecule has 1 aromatic rings. The van der Waals surface area contributed by atoms with Gasteiger partial charge in [-0.1, -0.05) is 38.3 Å². The number of ether oxygens (including phenoxy) is 7. The van der Waals surface area contributed by atoms with E-state index in [-0.39, 0.29) is 37.9 Å². The zero-order chi connectivity index (χ0) is 35.4. The summed E-state index contributed by atoms with van der Waals surface area (Å²) in [6.07, 6.45) is 5.79. The molecule has 0 radical (unpaired) electrons. The second kappa shape index (κ2) is 17.9. The number of hydrogen-bond donors (Lipinski definition) is 0. The van der Waals surface area contributed by atoms with Crippen molar-refractivity contribution in [3.63, 3.8) is 0 Å². The first-order valence-corrected chi connectivity index (χ1v) is 16.7. The number of allylic oxidation sites excluding steroid dienone is 2. The van der Waals surface area contributed by atoms with Gasteiger partial charge in [-0.3, -0.25) is 19.2 Å². The lowest BCUT2D eigenvalue weighted by atomic mass is 9.68. The average Bonchev–Trinajstić information content (AvgIpc) is 2.97. The summed E-state index contributed by atoms with van der Waals surface area (Å²) < 4.78 is 37.4. The van der Waals surface area contributed by atoms with Crippen LogP contribution in [0.25, 0.3) is 0 Å². The van der Waals surface area contributed by atoms with Crippen LogP contribution in [0.3, 0.4) is 0 Å². The first kappa shape index (κ1) is 38.4. The van der Waals surface area contributed by atoms with Gasteiger partial charge in [-0.05, 0) is 70.1 Å². The maximum atomic E-state index is 12.8. The van der Waals surface area contributed by atoms with E-state index in [9.17, 15) is 24.0 Å². The third-order valence-corrected chi connectivity index (χ3v) is 8.44. The number of aryl methyl sites for hydroxylation is 1. The van der Waals surface area contributed by atoms with E-state index in [0.717, 1.165) is 49.7 Å². The monoisotopic (exact) mass is 674 g/mol. The zero-order valence-electron chi connectivity index (χ0n) is 29.2. The fraction of sp³-hybridized carbons (Fsp3) is 0.639. The van der Waals surface area contributed by atoms with Gasteiger partial charge in [-0.2, -0.15) is 0 Å². The van der Waals surface area contributed by atoms with E-state index in [1.165, 1.54) is 19.4 Å². The predicted molar refractivity (Wildman–Crippen MR) is 173 cm³/mol. The molecule has 3 atom stereocenters. The Labute approximate surface area is 282 Å². The van der Waals surface area contributed by atoms with Crippen molar-refractivity contribution in [2.45, 2.75) is 117 Å². The van der Waals surface area contributed by atoms with E-state index in [1.54, 1.807) is 6.92 Å². The van der Waals surface area contributed by atoms with Crippen molar-refractivity contribution in [2.24, 2.45) is 11.8 Å². The molecule has 1 heterocycles. The molecule has 266 valence electrons. The molecular weight excluding hydrogens is 624 g/mol. The van der Waals surface area contributed by atoms with Gasteiger partial charge >= 0.3 is 30.0 Å². The lowest BCUT2D eigenvalue weighted by Crippen LogP contribution is -2.45. The molecule has 0 N–H and O–H groups in total. The Morgan fingerprint density at radius 1 is 0.938 bits per heavy atom. The summed E-state index contributed by atoms with van der Waals surface area (Å²) >= 11 is 0. The second-order valence-corrected chi connectivity index (χ2v) is 13.2. The van der Waals surface area contributed by atoms with Crippen LogP contribution in [0.15, 0.2) is 23.8 Å². The van der Waals surface area contributed by atoms with Crippen molar-refractivity contribution in [2.75, 3.05) is 20.0 Å². The Morgan fingerprint density at radius 3 is 2.25 bits per heavy atom. The van der Waals surface area contributed by atoms with E-state index >= 15 is 0 Å². The molecule has 12 heteroatoms. The summed E-state index contributed by atoms with van der Waals surface area (Å²) in [5.74, 6) is -1.76. The summed E-state index contributed by atoms with van der Waals surface area (Å²) in [5, 5.41) is 0. The molecule has 2 aliphatic rings. The van der Waals surface area contributed by atoms with Crippen molar-refractivity contribution < 1.29 is 57.1 Å². The third-order valence-electron chi connectivity index (χ3n) is 8.44. The third kappa shape index (κ3) is 11.9. The maximum absolute atomic E-state index is 12.8. The summed E-state index contributed by atoms with van der Waals surface area (Å²) in [7, 11) is 0. The molecule has 12 nitrogen and oxygen atoms in total. The molecule has 0 saturated carbocycles. The lowest BCUT2D eigenvalue weighted by Gasteiger charge is -2.46. The number of esters is 4. The number of carbonyl (C=O) groups excluding carboxylic acids is 5. The van der Waals surface area contributed by atoms with Crippen molar-refractivity contribution >= 4 is 30.0 Å². The zero-order valence-corrected chi connectivity index (χ0v) is 29.2. The molecule has 2 unspecified atom stereocenters. The van der Waals surface area contributed by atoms with Crippen LogP contribution in [0.2, 0.25) is 0 Å². The molecule has 3 rings (SSSR count). The Kier molecular flexibility index (Phi) is 14.3. The summed E-state index contributed by atoms with van der Waals surface area (Å²) in [5.41, 5.74) is 2.69. The smallest absolute Gasteiger partial charge is 0.487 e. The van der Waals surface area contributed by atoms with E-state index in [2.05, 4.69) is 39.8 Å². The fourth-order valence-corrected chi connectivity index (χ4v) is 6.10. The van der Waals surface area contributed by atoms with Crippen LogP contribution in [-0.4, -0.2) is 61.7 Å². The van der Waals surface area contributed by atoms with Crippen LogP contribution in [0.1, 0.15) is 110 Å². The highest BCUT2D eigenvalue weighted by Crippen LogP contribution is 2.53. The minimum Gasteiger partial charge on any atom is -0.487 e. The number of benzene rings is 1. The van der Waals surface area contributed by atoms with Gasteiger partial charge in [0.05, 0.1) is 0 Å². The van der Waals surface area contributed by atoms with Gasteiger partial charge < -0.3 is 33.2 Å². The Balaban J connectivity index is 1.57. The van der Waals surface area contributed by atoms with Crippen LogP contribution in [0, 0.1) is 11.8 Å². The van der Waals surface area contributed by atoms with Gasteiger partial charge in [-0.15, -0.1) is 0 Å². The van der Waals surface area contributed by atoms with Gasteiger partial charge in [0, 0.05) is 44.1 Å². The van der Waals surface area contributed by atoms with Crippen molar-refractivity contribution in [3.05, 3.63) is 34.9 Å². The molecule has 0 aromatic heterocycles. The highest BCUT2D eigenvalue weighted by Gasteiger charge is 2.45. The summed E-state index contributed by atoms with van der Waals surface area (Å²) in [6.45, 7) is 11.2. The molecule has 1 aliphatic carbocycles. The molecule has 48 heavy (non-hydrogen) atoms. The number of fused-ring (bicyclic) bond motifs is 3. The number of rotatable bonds is 16. The van der Waals surface area contributed by atoms with Crippen molar-refractivity contribution in [1.82, 2.24) is 0 Å².